The van der Waals surface area contributed by atoms with Gasteiger partial charge >= 0.3 is 5.97 Å². The highest BCUT2D eigenvalue weighted by atomic mass is 16.5. The minimum Gasteiger partial charge on any atom is -0.463 e. The Morgan fingerprint density at radius 2 is 1.79 bits per heavy atom. The normalized spacial score (nSPS) is 37.4. The molecular weight excluding hydrogens is 176 g/mol. The third kappa shape index (κ3) is 2.28. The highest BCUT2D eigenvalue weighted by Gasteiger charge is 2.33. The summed E-state index contributed by atoms with van der Waals surface area (Å²) in [5, 5.41) is 0. The highest BCUT2D eigenvalue weighted by Crippen LogP contribution is 2.41. The number of fused-ring (bicyclic) bond motifs is 1. The van der Waals surface area contributed by atoms with Crippen LogP contribution in [0.5, 0.6) is 0 Å². The van der Waals surface area contributed by atoms with E-state index in [1.165, 1.54) is 39.0 Å². The lowest BCUT2D eigenvalue weighted by Crippen LogP contribution is -2.32. The predicted molar refractivity (Wildman–Crippen MR) is 54.9 cm³/mol. The number of rotatable bonds is 1. The molecule has 0 radical (unpaired) electrons. The van der Waals surface area contributed by atoms with Crippen LogP contribution in [-0.2, 0) is 9.53 Å². The fourth-order valence-electron chi connectivity index (χ4n) is 3.17. The van der Waals surface area contributed by atoms with Crippen LogP contribution in [-0.4, -0.2) is 12.1 Å². The van der Waals surface area contributed by atoms with Crippen LogP contribution in [0.3, 0.4) is 0 Å². The molecule has 2 rings (SSSR count). The van der Waals surface area contributed by atoms with Crippen LogP contribution in [0.15, 0.2) is 0 Å². The molecule has 0 heterocycles. The lowest BCUT2D eigenvalue weighted by molar-refractivity contribution is -0.149. The standard InChI is InChI=1S/C12H20O2/c1-9(13)14-12-7-6-10-4-2-3-5-11(10)8-12/h10-12H,2-8H2,1H3/t10-,11-,12?/m1/s1. The monoisotopic (exact) mass is 196 g/mol. The topological polar surface area (TPSA) is 26.3 Å². The van der Waals surface area contributed by atoms with Crippen molar-refractivity contribution in [3.05, 3.63) is 0 Å². The first-order chi connectivity index (χ1) is 6.75. The van der Waals surface area contributed by atoms with E-state index in [9.17, 15) is 4.79 Å². The summed E-state index contributed by atoms with van der Waals surface area (Å²) in [6.45, 7) is 1.52. The van der Waals surface area contributed by atoms with Crippen molar-refractivity contribution < 1.29 is 9.53 Å². The zero-order chi connectivity index (χ0) is 9.97. The van der Waals surface area contributed by atoms with Gasteiger partial charge in [0.1, 0.15) is 6.10 Å². The smallest absolute Gasteiger partial charge is 0.302 e. The maximum atomic E-state index is 10.8. The summed E-state index contributed by atoms with van der Waals surface area (Å²) in [6, 6.07) is 0. The Hall–Kier alpha value is -0.530. The summed E-state index contributed by atoms with van der Waals surface area (Å²) in [5.74, 6) is 1.68. The Labute approximate surface area is 86.0 Å². The third-order valence-corrected chi connectivity index (χ3v) is 3.82. The minimum atomic E-state index is -0.107. The van der Waals surface area contributed by atoms with Gasteiger partial charge in [-0.1, -0.05) is 25.7 Å². The molecule has 0 aromatic carbocycles. The molecule has 0 amide bonds. The van der Waals surface area contributed by atoms with Crippen molar-refractivity contribution in [2.75, 3.05) is 0 Å². The van der Waals surface area contributed by atoms with Gasteiger partial charge in [-0.05, 0) is 31.1 Å². The van der Waals surface area contributed by atoms with Crippen molar-refractivity contribution in [1.82, 2.24) is 0 Å². The van der Waals surface area contributed by atoms with Crippen LogP contribution >= 0.6 is 0 Å². The van der Waals surface area contributed by atoms with E-state index in [0.29, 0.717) is 0 Å². The predicted octanol–water partition coefficient (Wildman–Crippen LogP) is 2.91. The van der Waals surface area contributed by atoms with Gasteiger partial charge in [0.2, 0.25) is 0 Å². The molecule has 0 bridgehead atoms. The number of hydrogen-bond acceptors (Lipinski definition) is 2. The van der Waals surface area contributed by atoms with Gasteiger partial charge in [-0.2, -0.15) is 0 Å². The summed E-state index contributed by atoms with van der Waals surface area (Å²) in [6.07, 6.45) is 9.31. The van der Waals surface area contributed by atoms with Gasteiger partial charge in [0.25, 0.3) is 0 Å². The van der Waals surface area contributed by atoms with Gasteiger partial charge in [0.15, 0.2) is 0 Å². The second-order valence-electron chi connectivity index (χ2n) is 4.85. The zero-order valence-corrected chi connectivity index (χ0v) is 9.00. The first-order valence-corrected chi connectivity index (χ1v) is 5.93. The maximum Gasteiger partial charge on any atom is 0.302 e. The maximum absolute atomic E-state index is 10.8. The molecule has 0 saturated heterocycles. The molecule has 2 fully saturated rings. The summed E-state index contributed by atoms with van der Waals surface area (Å²) in [4.78, 5) is 10.8. The van der Waals surface area contributed by atoms with E-state index < -0.39 is 0 Å². The molecule has 2 heteroatoms. The van der Waals surface area contributed by atoms with Gasteiger partial charge in [0, 0.05) is 6.92 Å². The second kappa shape index (κ2) is 4.33. The molecule has 0 spiro atoms. The molecule has 80 valence electrons. The summed E-state index contributed by atoms with van der Waals surface area (Å²) in [5.41, 5.74) is 0. The molecule has 3 atom stereocenters. The van der Waals surface area contributed by atoms with Crippen molar-refractivity contribution in [2.24, 2.45) is 11.8 Å². The molecule has 0 aromatic heterocycles. The van der Waals surface area contributed by atoms with Crippen LogP contribution in [0.1, 0.15) is 51.9 Å². The van der Waals surface area contributed by atoms with Crippen molar-refractivity contribution >= 4 is 5.97 Å². The number of carbonyl (C=O) groups excluding carboxylic acids is 1. The van der Waals surface area contributed by atoms with Gasteiger partial charge < -0.3 is 4.74 Å². The summed E-state index contributed by atoms with van der Waals surface area (Å²) in [7, 11) is 0. The fraction of sp³-hybridized carbons (Fsp3) is 0.917. The second-order valence-corrected chi connectivity index (χ2v) is 4.85. The Balaban J connectivity index is 1.86. The molecule has 14 heavy (non-hydrogen) atoms. The Morgan fingerprint density at radius 3 is 2.50 bits per heavy atom. The lowest BCUT2D eigenvalue weighted by atomic mass is 9.70. The number of esters is 1. The van der Waals surface area contributed by atoms with Gasteiger partial charge in [-0.3, -0.25) is 4.79 Å². The Kier molecular flexibility index (Phi) is 3.09. The largest absolute Gasteiger partial charge is 0.463 e. The van der Waals surface area contributed by atoms with E-state index in [0.717, 1.165) is 24.7 Å². The zero-order valence-electron chi connectivity index (χ0n) is 9.00. The van der Waals surface area contributed by atoms with Gasteiger partial charge in [-0.15, -0.1) is 0 Å². The van der Waals surface area contributed by atoms with Gasteiger partial charge in [-0.25, -0.2) is 0 Å². The number of carbonyl (C=O) groups is 1. The molecule has 2 nitrogen and oxygen atoms in total. The minimum absolute atomic E-state index is 0.107. The lowest BCUT2D eigenvalue weighted by Gasteiger charge is -2.38. The first kappa shape index (κ1) is 10.0. The quantitative estimate of drug-likeness (QED) is 0.603. The first-order valence-electron chi connectivity index (χ1n) is 5.93. The molecule has 1 unspecified atom stereocenters. The van der Waals surface area contributed by atoms with Crippen molar-refractivity contribution in [3.63, 3.8) is 0 Å². The fourth-order valence-corrected chi connectivity index (χ4v) is 3.17. The van der Waals surface area contributed by atoms with E-state index >= 15 is 0 Å². The van der Waals surface area contributed by atoms with Crippen LogP contribution in [0.2, 0.25) is 0 Å². The summed E-state index contributed by atoms with van der Waals surface area (Å²) >= 11 is 0. The molecular formula is C12H20O2. The van der Waals surface area contributed by atoms with Crippen LogP contribution < -0.4 is 0 Å². The Morgan fingerprint density at radius 1 is 1.07 bits per heavy atom. The average molecular weight is 196 g/mol. The van der Waals surface area contributed by atoms with Crippen molar-refractivity contribution in [1.29, 1.82) is 0 Å². The van der Waals surface area contributed by atoms with Crippen molar-refractivity contribution in [2.45, 2.75) is 58.0 Å². The van der Waals surface area contributed by atoms with E-state index in [1.807, 2.05) is 0 Å². The van der Waals surface area contributed by atoms with E-state index in [4.69, 9.17) is 4.74 Å². The van der Waals surface area contributed by atoms with Crippen molar-refractivity contribution in [3.8, 4) is 0 Å². The molecule has 0 aromatic rings. The van der Waals surface area contributed by atoms with E-state index in [-0.39, 0.29) is 12.1 Å². The third-order valence-electron chi connectivity index (χ3n) is 3.82. The van der Waals surface area contributed by atoms with Crippen LogP contribution in [0, 0.1) is 11.8 Å². The number of hydrogen-bond donors (Lipinski definition) is 0. The average Bonchev–Trinajstić information content (AvgIpc) is 2.17. The SMILES string of the molecule is CC(=O)OC1CC[C@H]2CCCC[C@@H]2C1. The summed E-state index contributed by atoms with van der Waals surface area (Å²) < 4.78 is 5.30. The van der Waals surface area contributed by atoms with Crippen LogP contribution in [0.4, 0.5) is 0 Å². The van der Waals surface area contributed by atoms with Gasteiger partial charge in [0.05, 0.1) is 0 Å². The Bertz CT molecular complexity index is 212. The molecule has 2 aliphatic rings. The molecule has 2 aliphatic carbocycles. The number of ether oxygens (including phenoxy) is 1. The van der Waals surface area contributed by atoms with E-state index in [1.54, 1.807) is 0 Å². The highest BCUT2D eigenvalue weighted by molar-refractivity contribution is 5.66. The molecule has 0 aliphatic heterocycles. The molecule has 0 N–H and O–H groups in total. The van der Waals surface area contributed by atoms with E-state index in [2.05, 4.69) is 0 Å². The van der Waals surface area contributed by atoms with Crippen LogP contribution in [0.25, 0.3) is 0 Å². The molecule has 2 saturated carbocycles.